The van der Waals surface area contributed by atoms with Crippen LogP contribution in [0.15, 0.2) is 83.9 Å². The van der Waals surface area contributed by atoms with Crippen LogP contribution in [0.3, 0.4) is 0 Å². The molecule has 6 nitrogen and oxygen atoms in total. The van der Waals surface area contributed by atoms with E-state index in [0.717, 1.165) is 30.6 Å². The van der Waals surface area contributed by atoms with Crippen LogP contribution in [-0.2, 0) is 19.9 Å². The molecule has 1 spiro atoms. The molecule has 0 bridgehead atoms. The summed E-state index contributed by atoms with van der Waals surface area (Å²) in [4.78, 5) is 46.4. The molecular formula is C34H29Cl2N3O3. The lowest BCUT2D eigenvalue weighted by atomic mass is 9.77. The summed E-state index contributed by atoms with van der Waals surface area (Å²) in [5.41, 5.74) is 2.90. The molecule has 2 amide bonds. The van der Waals surface area contributed by atoms with Gasteiger partial charge in [-0.2, -0.15) is 0 Å². The minimum Gasteiger partial charge on any atom is -0.333 e. The third kappa shape index (κ3) is 4.24. The zero-order chi connectivity index (χ0) is 29.0. The fourth-order valence-corrected chi connectivity index (χ4v) is 7.72. The second kappa shape index (κ2) is 10.5. The van der Waals surface area contributed by atoms with Gasteiger partial charge in [0.2, 0.25) is 11.8 Å². The Bertz CT molecular complexity index is 1630. The number of benzene rings is 3. The third-order valence-electron chi connectivity index (χ3n) is 9.16. The molecule has 7 rings (SSSR count). The average Bonchev–Trinajstić information content (AvgIpc) is 3.66. The van der Waals surface area contributed by atoms with Crippen LogP contribution < -0.4 is 5.32 Å². The van der Waals surface area contributed by atoms with Gasteiger partial charge in [-0.25, -0.2) is 0 Å². The molecular weight excluding hydrogens is 569 g/mol. The maximum absolute atomic E-state index is 14.7. The molecule has 42 heavy (non-hydrogen) atoms. The van der Waals surface area contributed by atoms with Crippen molar-refractivity contribution in [3.05, 3.63) is 111 Å². The highest BCUT2D eigenvalue weighted by molar-refractivity contribution is 6.33. The predicted octanol–water partition coefficient (Wildman–Crippen LogP) is 6.20. The molecule has 3 atom stereocenters. The van der Waals surface area contributed by atoms with E-state index in [1.807, 2.05) is 60.7 Å². The molecule has 3 fully saturated rings. The lowest BCUT2D eigenvalue weighted by Gasteiger charge is -2.39. The summed E-state index contributed by atoms with van der Waals surface area (Å²) in [5, 5.41) is 4.12. The van der Waals surface area contributed by atoms with E-state index < -0.39 is 11.5 Å². The number of hydrogen-bond donors (Lipinski definition) is 1. The smallest absolute Gasteiger partial charge is 0.250 e. The van der Waals surface area contributed by atoms with Crippen LogP contribution in [0.1, 0.15) is 36.0 Å². The van der Waals surface area contributed by atoms with Gasteiger partial charge in [0.05, 0.1) is 5.92 Å². The first-order chi connectivity index (χ1) is 20.4. The lowest BCUT2D eigenvalue weighted by Crippen LogP contribution is -2.56. The molecule has 0 radical (unpaired) electrons. The lowest BCUT2D eigenvalue weighted by molar-refractivity contribution is -0.144. The summed E-state index contributed by atoms with van der Waals surface area (Å²) in [5.74, 6) is -0.996. The Hall–Kier alpha value is -3.71. The van der Waals surface area contributed by atoms with Gasteiger partial charge >= 0.3 is 0 Å². The van der Waals surface area contributed by atoms with E-state index in [4.69, 9.17) is 23.2 Å². The summed E-state index contributed by atoms with van der Waals surface area (Å²) in [7, 11) is 0. The zero-order valence-electron chi connectivity index (χ0n) is 22.9. The van der Waals surface area contributed by atoms with E-state index in [1.54, 1.807) is 29.2 Å². The van der Waals surface area contributed by atoms with Crippen molar-refractivity contribution in [3.63, 3.8) is 0 Å². The number of carbonyl (C=O) groups is 3. The van der Waals surface area contributed by atoms with Crippen molar-refractivity contribution in [3.8, 4) is 0 Å². The molecule has 3 saturated heterocycles. The summed E-state index contributed by atoms with van der Waals surface area (Å²) >= 11 is 12.9. The van der Waals surface area contributed by atoms with Crippen LogP contribution in [0.5, 0.6) is 0 Å². The molecule has 0 aliphatic carbocycles. The number of anilines is 1. The topological polar surface area (TPSA) is 69.7 Å². The standard InChI is InChI=1S/C34H29Cl2N3O3/c35-28-12-4-1-8-21(28)16-23-19-38(20-24(31(23)40)17-22-9-2-5-13-29(22)36)32(41)27-18-25-10-7-15-39(25)34(27)26-11-3-6-14-30(26)37-33(34)42/h1-6,8-9,11-14,16-17,25,27H,7,10,15,18-20H2,(H,37,42)/b23-16+,24-17+/t25-,27-,34+/m1/s1. The van der Waals surface area contributed by atoms with Crippen LogP contribution in [0, 0.1) is 5.92 Å². The molecule has 4 aliphatic rings. The number of ketones is 1. The first-order valence-corrected chi connectivity index (χ1v) is 15.0. The molecule has 8 heteroatoms. The number of amides is 2. The van der Waals surface area contributed by atoms with Crippen LogP contribution in [0.2, 0.25) is 10.0 Å². The van der Waals surface area contributed by atoms with E-state index in [1.165, 1.54) is 0 Å². The first kappa shape index (κ1) is 27.1. The van der Waals surface area contributed by atoms with Crippen LogP contribution in [0.4, 0.5) is 5.69 Å². The quantitative estimate of drug-likeness (QED) is 0.365. The number of carbonyl (C=O) groups excluding carboxylic acids is 3. The minimum atomic E-state index is -1.06. The predicted molar refractivity (Wildman–Crippen MR) is 165 cm³/mol. The first-order valence-electron chi connectivity index (χ1n) is 14.3. The number of rotatable bonds is 3. The summed E-state index contributed by atoms with van der Waals surface area (Å²) in [6.07, 6.45) is 6.08. The highest BCUT2D eigenvalue weighted by Crippen LogP contribution is 2.55. The van der Waals surface area contributed by atoms with Gasteiger partial charge in [-0.05, 0) is 67.3 Å². The van der Waals surface area contributed by atoms with Gasteiger partial charge in [-0.1, -0.05) is 77.8 Å². The fourth-order valence-electron chi connectivity index (χ4n) is 7.34. The number of hydrogen-bond acceptors (Lipinski definition) is 4. The largest absolute Gasteiger partial charge is 0.333 e. The van der Waals surface area contributed by atoms with Crippen molar-refractivity contribution in [2.24, 2.45) is 5.92 Å². The molecule has 0 unspecified atom stereocenters. The van der Waals surface area contributed by atoms with Crippen molar-refractivity contribution in [1.82, 2.24) is 9.80 Å². The van der Waals surface area contributed by atoms with Gasteiger partial charge in [-0.15, -0.1) is 0 Å². The highest BCUT2D eigenvalue weighted by atomic mass is 35.5. The zero-order valence-corrected chi connectivity index (χ0v) is 24.4. The van der Waals surface area contributed by atoms with E-state index in [9.17, 15) is 14.4 Å². The number of fused-ring (bicyclic) bond motifs is 4. The number of halogens is 2. The maximum atomic E-state index is 14.7. The molecule has 212 valence electrons. The van der Waals surface area contributed by atoms with Crippen LogP contribution in [-0.4, -0.2) is 53.1 Å². The molecule has 0 saturated carbocycles. The van der Waals surface area contributed by atoms with E-state index in [-0.39, 0.29) is 36.7 Å². The van der Waals surface area contributed by atoms with Crippen molar-refractivity contribution in [1.29, 1.82) is 0 Å². The van der Waals surface area contributed by atoms with Gasteiger partial charge in [-0.3, -0.25) is 19.3 Å². The van der Waals surface area contributed by atoms with E-state index in [0.29, 0.717) is 38.7 Å². The molecule has 4 heterocycles. The van der Waals surface area contributed by atoms with Gasteiger partial charge in [0, 0.05) is 51.6 Å². The van der Waals surface area contributed by atoms with Crippen molar-refractivity contribution >= 4 is 58.6 Å². The van der Waals surface area contributed by atoms with E-state index >= 15 is 0 Å². The summed E-state index contributed by atoms with van der Waals surface area (Å²) in [6.45, 7) is 1.02. The molecule has 4 aliphatic heterocycles. The third-order valence-corrected chi connectivity index (χ3v) is 9.85. The number of nitrogens with zero attached hydrogens (tertiary/aromatic N) is 2. The Morgan fingerprint density at radius 1 is 0.857 bits per heavy atom. The Labute approximate surface area is 254 Å². The monoisotopic (exact) mass is 597 g/mol. The van der Waals surface area contributed by atoms with E-state index in [2.05, 4.69) is 10.2 Å². The average molecular weight is 599 g/mol. The number of nitrogens with one attached hydrogen (secondary N) is 1. The molecule has 1 N–H and O–H groups in total. The Morgan fingerprint density at radius 2 is 1.45 bits per heavy atom. The van der Waals surface area contributed by atoms with Crippen molar-refractivity contribution in [2.75, 3.05) is 25.0 Å². The Kier molecular flexibility index (Phi) is 6.81. The number of Topliss-reactive ketones (excluding diaryl/α,β-unsaturated/α-hetero) is 1. The van der Waals surface area contributed by atoms with Gasteiger partial charge in [0.15, 0.2) is 5.78 Å². The normalized spacial score (nSPS) is 27.1. The van der Waals surface area contributed by atoms with Gasteiger partial charge < -0.3 is 10.2 Å². The summed E-state index contributed by atoms with van der Waals surface area (Å²) < 4.78 is 0. The molecule has 0 aromatic heterocycles. The second-order valence-electron chi connectivity index (χ2n) is 11.4. The number of para-hydroxylation sites is 1. The van der Waals surface area contributed by atoms with Crippen molar-refractivity contribution in [2.45, 2.75) is 30.8 Å². The fraction of sp³-hybridized carbons (Fsp3) is 0.265. The van der Waals surface area contributed by atoms with Gasteiger partial charge in [0.1, 0.15) is 5.54 Å². The minimum absolute atomic E-state index is 0.126. The summed E-state index contributed by atoms with van der Waals surface area (Å²) in [6, 6.07) is 22.5. The maximum Gasteiger partial charge on any atom is 0.250 e. The highest BCUT2D eigenvalue weighted by Gasteiger charge is 2.66. The SMILES string of the molecule is O=C1/C(=C/c2ccccc2Cl)CN(C(=O)[C@H]2C[C@H]3CCCN3[C@]23C(=O)Nc2ccccc23)C/C1=C\c1ccccc1Cl. The van der Waals surface area contributed by atoms with Crippen LogP contribution in [0.25, 0.3) is 12.2 Å². The second-order valence-corrected chi connectivity index (χ2v) is 12.3. The number of likely N-dealkylation sites (tertiary alicyclic amines) is 1. The Morgan fingerprint density at radius 3 is 2.10 bits per heavy atom. The van der Waals surface area contributed by atoms with Crippen LogP contribution >= 0.6 is 23.2 Å². The molecule has 3 aromatic carbocycles. The molecule has 3 aromatic rings. The number of piperidine rings is 1. The van der Waals surface area contributed by atoms with Crippen molar-refractivity contribution < 1.29 is 14.4 Å². The van der Waals surface area contributed by atoms with Gasteiger partial charge in [0.25, 0.3) is 0 Å². The Balaban J connectivity index is 1.32.